The lowest BCUT2D eigenvalue weighted by Gasteiger charge is -2.06. The van der Waals surface area contributed by atoms with E-state index < -0.39 is 0 Å². The quantitative estimate of drug-likeness (QED) is 0.749. The van der Waals surface area contributed by atoms with Crippen molar-refractivity contribution >= 4 is 0 Å². The second-order valence-corrected chi connectivity index (χ2v) is 3.94. The molecule has 1 fully saturated rings. The minimum absolute atomic E-state index is 0.270. The zero-order chi connectivity index (χ0) is 11.0. The van der Waals surface area contributed by atoms with Crippen molar-refractivity contribution in [1.82, 2.24) is 19.7 Å². The van der Waals surface area contributed by atoms with Crippen molar-refractivity contribution < 1.29 is 0 Å². The van der Waals surface area contributed by atoms with E-state index >= 15 is 0 Å². The van der Waals surface area contributed by atoms with Gasteiger partial charge in [-0.25, -0.2) is 14.6 Å². The number of hydrogen-bond donors (Lipinski definition) is 0. The average molecular weight is 211 g/mol. The van der Waals surface area contributed by atoms with Crippen LogP contribution in [-0.4, -0.2) is 19.7 Å². The first-order chi connectivity index (χ1) is 7.84. The Morgan fingerprint density at radius 3 is 2.75 bits per heavy atom. The van der Waals surface area contributed by atoms with Gasteiger partial charge >= 0.3 is 0 Å². The number of aromatic nitrogens is 4. The fourth-order valence-electron chi connectivity index (χ4n) is 1.72. The number of nitrogens with zero attached hydrogens (tertiary/aromatic N) is 5. The molecule has 3 rings (SSSR count). The molecule has 1 aliphatic rings. The third-order valence-corrected chi connectivity index (χ3v) is 2.92. The van der Waals surface area contributed by atoms with E-state index in [0.717, 1.165) is 24.2 Å². The predicted octanol–water partition coefficient (Wildman–Crippen LogP) is 1.22. The van der Waals surface area contributed by atoms with E-state index in [9.17, 15) is 0 Å². The molecule has 0 aliphatic heterocycles. The van der Waals surface area contributed by atoms with Gasteiger partial charge in [0.25, 0.3) is 0 Å². The highest BCUT2D eigenvalue weighted by Gasteiger charge is 2.45. The first-order valence-corrected chi connectivity index (χ1v) is 5.07. The van der Waals surface area contributed by atoms with Crippen molar-refractivity contribution in [2.24, 2.45) is 0 Å². The summed E-state index contributed by atoms with van der Waals surface area (Å²) < 4.78 is 1.59. The molecular formula is C11H9N5. The summed E-state index contributed by atoms with van der Waals surface area (Å²) in [6.07, 6.45) is 6.70. The van der Waals surface area contributed by atoms with Gasteiger partial charge in [0.15, 0.2) is 5.82 Å². The summed E-state index contributed by atoms with van der Waals surface area (Å²) >= 11 is 0. The number of nitriles is 1. The summed E-state index contributed by atoms with van der Waals surface area (Å²) in [5.74, 6) is 0.718. The highest BCUT2D eigenvalue weighted by atomic mass is 15.3. The van der Waals surface area contributed by atoms with E-state index in [1.807, 2.05) is 12.1 Å². The number of pyridine rings is 1. The van der Waals surface area contributed by atoms with E-state index in [1.165, 1.54) is 6.33 Å². The van der Waals surface area contributed by atoms with Crippen LogP contribution < -0.4 is 0 Å². The van der Waals surface area contributed by atoms with Crippen molar-refractivity contribution in [2.75, 3.05) is 0 Å². The Balaban J connectivity index is 1.95. The molecule has 2 aromatic heterocycles. The van der Waals surface area contributed by atoms with Crippen molar-refractivity contribution in [3.63, 3.8) is 0 Å². The smallest absolute Gasteiger partial charge is 0.155 e. The van der Waals surface area contributed by atoms with Gasteiger partial charge in [-0.15, -0.1) is 0 Å². The van der Waals surface area contributed by atoms with Gasteiger partial charge in [-0.1, -0.05) is 6.07 Å². The summed E-state index contributed by atoms with van der Waals surface area (Å²) in [6.45, 7) is 0. The maximum absolute atomic E-state index is 9.06. The Hall–Kier alpha value is -2.22. The Kier molecular flexibility index (Phi) is 1.77. The Bertz CT molecular complexity index is 531. The van der Waals surface area contributed by atoms with Gasteiger partial charge in [0.05, 0.1) is 11.5 Å². The van der Waals surface area contributed by atoms with Crippen LogP contribution in [0, 0.1) is 11.3 Å². The third-order valence-electron chi connectivity index (χ3n) is 2.92. The van der Waals surface area contributed by atoms with E-state index in [1.54, 1.807) is 17.2 Å². The Labute approximate surface area is 92.4 Å². The van der Waals surface area contributed by atoms with Gasteiger partial charge in [-0.3, -0.25) is 0 Å². The Morgan fingerprint density at radius 2 is 2.25 bits per heavy atom. The van der Waals surface area contributed by atoms with Crippen LogP contribution in [0.25, 0.3) is 5.82 Å². The second-order valence-electron chi connectivity index (χ2n) is 3.94. The molecule has 1 aliphatic carbocycles. The number of rotatable bonds is 2. The fraction of sp³-hybridized carbons (Fsp3) is 0.273. The summed E-state index contributed by atoms with van der Waals surface area (Å²) in [7, 11) is 0. The van der Waals surface area contributed by atoms with Crippen molar-refractivity contribution in [2.45, 2.75) is 18.3 Å². The lowest BCUT2D eigenvalue weighted by molar-refractivity contribution is 0.830. The van der Waals surface area contributed by atoms with Crippen molar-refractivity contribution in [1.29, 1.82) is 5.26 Å². The highest BCUT2D eigenvalue weighted by Crippen LogP contribution is 2.47. The first-order valence-electron chi connectivity index (χ1n) is 5.07. The maximum atomic E-state index is 9.06. The van der Waals surface area contributed by atoms with Crippen LogP contribution >= 0.6 is 0 Å². The maximum Gasteiger partial charge on any atom is 0.155 e. The lowest BCUT2D eigenvalue weighted by atomic mass is 10.0. The molecule has 5 heteroatoms. The molecular weight excluding hydrogens is 202 g/mol. The second kappa shape index (κ2) is 3.14. The van der Waals surface area contributed by atoms with Gasteiger partial charge < -0.3 is 0 Å². The minimum atomic E-state index is -0.270. The summed E-state index contributed by atoms with van der Waals surface area (Å²) in [5, 5.41) is 13.1. The zero-order valence-electron chi connectivity index (χ0n) is 8.54. The predicted molar refractivity (Wildman–Crippen MR) is 55.7 cm³/mol. The van der Waals surface area contributed by atoms with Gasteiger partial charge in [-0.2, -0.15) is 10.4 Å². The molecule has 78 valence electrons. The van der Waals surface area contributed by atoms with Gasteiger partial charge in [-0.05, 0) is 24.5 Å². The van der Waals surface area contributed by atoms with Gasteiger partial charge in [0, 0.05) is 6.20 Å². The Morgan fingerprint density at radius 1 is 1.38 bits per heavy atom. The van der Waals surface area contributed by atoms with Crippen molar-refractivity contribution in [3.05, 3.63) is 36.5 Å². The molecule has 0 atom stereocenters. The molecule has 1 saturated carbocycles. The average Bonchev–Trinajstić information content (AvgIpc) is 2.96. The molecule has 0 aromatic carbocycles. The summed E-state index contributed by atoms with van der Waals surface area (Å²) in [4.78, 5) is 8.14. The van der Waals surface area contributed by atoms with E-state index in [0.29, 0.717) is 0 Å². The normalized spacial score (nSPS) is 16.7. The van der Waals surface area contributed by atoms with Crippen molar-refractivity contribution in [3.8, 4) is 11.9 Å². The lowest BCUT2D eigenvalue weighted by Crippen LogP contribution is -2.05. The molecule has 0 radical (unpaired) electrons. The largest absolute Gasteiger partial charge is 0.237 e. The molecule has 0 unspecified atom stereocenters. The zero-order valence-corrected chi connectivity index (χ0v) is 8.54. The third kappa shape index (κ3) is 1.27. The standard InChI is InChI=1S/C11H9N5/c12-6-11(3-4-11)9-1-2-10(14-5-9)16-8-13-7-15-16/h1-2,5,7-8H,3-4H2. The molecule has 2 heterocycles. The SMILES string of the molecule is N#CC1(c2ccc(-n3cncn3)nc2)CC1. The van der Waals surface area contributed by atoms with Crippen LogP contribution in [0.3, 0.4) is 0 Å². The van der Waals surface area contributed by atoms with Crippen LogP contribution in [0.5, 0.6) is 0 Å². The van der Waals surface area contributed by atoms with E-state index in [4.69, 9.17) is 5.26 Å². The first kappa shape index (κ1) is 9.04. The summed E-state index contributed by atoms with van der Waals surface area (Å²) in [5.41, 5.74) is 0.729. The molecule has 2 aromatic rings. The van der Waals surface area contributed by atoms with Gasteiger partial charge in [0.1, 0.15) is 12.7 Å². The molecule has 0 bridgehead atoms. The topological polar surface area (TPSA) is 67.4 Å². The van der Waals surface area contributed by atoms with Crippen LogP contribution in [-0.2, 0) is 5.41 Å². The van der Waals surface area contributed by atoms with Crippen LogP contribution in [0.15, 0.2) is 31.0 Å². The van der Waals surface area contributed by atoms with Crippen LogP contribution in [0.1, 0.15) is 18.4 Å². The molecule has 5 nitrogen and oxygen atoms in total. The highest BCUT2D eigenvalue weighted by molar-refractivity contribution is 5.39. The van der Waals surface area contributed by atoms with E-state index in [2.05, 4.69) is 21.1 Å². The van der Waals surface area contributed by atoms with E-state index in [-0.39, 0.29) is 5.41 Å². The molecule has 0 N–H and O–H groups in total. The van der Waals surface area contributed by atoms with Gasteiger partial charge in [0.2, 0.25) is 0 Å². The molecule has 0 amide bonds. The van der Waals surface area contributed by atoms with Crippen LogP contribution in [0.2, 0.25) is 0 Å². The molecule has 0 spiro atoms. The summed E-state index contributed by atoms with van der Waals surface area (Å²) in [6, 6.07) is 6.16. The minimum Gasteiger partial charge on any atom is -0.237 e. The molecule has 0 saturated heterocycles. The number of hydrogen-bond acceptors (Lipinski definition) is 4. The fourth-order valence-corrected chi connectivity index (χ4v) is 1.72. The van der Waals surface area contributed by atoms with Crippen LogP contribution in [0.4, 0.5) is 0 Å². The molecule has 16 heavy (non-hydrogen) atoms. The monoisotopic (exact) mass is 211 g/mol.